The number of aryl methyl sites for hydroxylation is 1. The molecule has 104 valence electrons. The van der Waals surface area contributed by atoms with Crippen LogP contribution in [0.5, 0.6) is 5.75 Å². The van der Waals surface area contributed by atoms with Gasteiger partial charge in [0, 0.05) is 17.8 Å². The van der Waals surface area contributed by atoms with Crippen LogP contribution < -0.4 is 0 Å². The van der Waals surface area contributed by atoms with Gasteiger partial charge in [-0.25, -0.2) is 4.98 Å². The third-order valence-electron chi connectivity index (χ3n) is 3.01. The van der Waals surface area contributed by atoms with Gasteiger partial charge in [0.05, 0.1) is 23.4 Å². The lowest BCUT2D eigenvalue weighted by molar-refractivity contribution is 0.476. The second-order valence-electron chi connectivity index (χ2n) is 4.49. The number of aromatic hydroxyl groups is 1. The first-order valence-electron chi connectivity index (χ1n) is 6.19. The molecule has 0 unspecified atom stereocenters. The molecule has 7 nitrogen and oxygen atoms in total. The summed E-state index contributed by atoms with van der Waals surface area (Å²) < 4.78 is 1.81. The number of phenolic OH excluding ortho intramolecular Hbond substituents is 1. The molecule has 1 N–H and O–H groups in total. The van der Waals surface area contributed by atoms with Crippen LogP contribution in [-0.4, -0.2) is 24.9 Å². The Kier molecular flexibility index (Phi) is 3.15. The maximum atomic E-state index is 10.3. The van der Waals surface area contributed by atoms with Crippen molar-refractivity contribution in [3.05, 3.63) is 53.5 Å². The molecule has 0 amide bonds. The SMILES string of the molecule is Cc1cn(-c2ccc(-c3ccc(N=O)nn3)c(O)c2)cn1. The summed E-state index contributed by atoms with van der Waals surface area (Å²) in [6.07, 6.45) is 3.53. The molecule has 0 radical (unpaired) electrons. The van der Waals surface area contributed by atoms with E-state index in [4.69, 9.17) is 0 Å². The Morgan fingerprint density at radius 2 is 2.05 bits per heavy atom. The van der Waals surface area contributed by atoms with Crippen molar-refractivity contribution >= 4 is 5.82 Å². The summed E-state index contributed by atoms with van der Waals surface area (Å²) >= 11 is 0. The zero-order chi connectivity index (χ0) is 14.8. The molecule has 0 fully saturated rings. The van der Waals surface area contributed by atoms with Crippen LogP contribution in [0.3, 0.4) is 0 Å². The first-order valence-corrected chi connectivity index (χ1v) is 6.19. The van der Waals surface area contributed by atoms with Gasteiger partial charge in [0.2, 0.25) is 5.82 Å². The van der Waals surface area contributed by atoms with Crippen LogP contribution >= 0.6 is 0 Å². The molecule has 7 heteroatoms. The summed E-state index contributed by atoms with van der Waals surface area (Å²) in [5.41, 5.74) is 2.67. The van der Waals surface area contributed by atoms with E-state index in [1.54, 1.807) is 24.5 Å². The zero-order valence-electron chi connectivity index (χ0n) is 11.1. The van der Waals surface area contributed by atoms with E-state index in [0.29, 0.717) is 11.3 Å². The van der Waals surface area contributed by atoms with Gasteiger partial charge in [-0.2, -0.15) is 0 Å². The average molecular weight is 281 g/mol. The van der Waals surface area contributed by atoms with Gasteiger partial charge in [0.25, 0.3) is 0 Å². The van der Waals surface area contributed by atoms with Crippen molar-refractivity contribution in [2.24, 2.45) is 5.18 Å². The quantitative estimate of drug-likeness (QED) is 0.745. The molecule has 2 aromatic heterocycles. The fourth-order valence-electron chi connectivity index (χ4n) is 1.98. The van der Waals surface area contributed by atoms with Crippen LogP contribution in [0.2, 0.25) is 0 Å². The number of hydrogen-bond acceptors (Lipinski definition) is 6. The largest absolute Gasteiger partial charge is 0.507 e. The van der Waals surface area contributed by atoms with E-state index in [1.807, 2.05) is 23.8 Å². The molecule has 0 aliphatic rings. The molecule has 0 saturated heterocycles. The number of nitroso groups, excluding NO2 is 1. The van der Waals surface area contributed by atoms with Gasteiger partial charge in [-0.15, -0.1) is 15.1 Å². The number of phenols is 1. The van der Waals surface area contributed by atoms with Gasteiger partial charge < -0.3 is 9.67 Å². The predicted octanol–water partition coefficient (Wildman–Crippen LogP) is 2.74. The van der Waals surface area contributed by atoms with Crippen molar-refractivity contribution in [1.29, 1.82) is 0 Å². The highest BCUT2D eigenvalue weighted by Crippen LogP contribution is 2.30. The van der Waals surface area contributed by atoms with E-state index < -0.39 is 0 Å². The lowest BCUT2D eigenvalue weighted by atomic mass is 10.1. The average Bonchev–Trinajstić information content (AvgIpc) is 2.94. The smallest absolute Gasteiger partial charge is 0.218 e. The van der Waals surface area contributed by atoms with E-state index in [0.717, 1.165) is 11.4 Å². The van der Waals surface area contributed by atoms with E-state index in [9.17, 15) is 10.0 Å². The molecule has 3 aromatic rings. The Hall–Kier alpha value is -3.09. The summed E-state index contributed by atoms with van der Waals surface area (Å²) in [6.45, 7) is 1.89. The first-order chi connectivity index (χ1) is 10.2. The molecule has 0 atom stereocenters. The Morgan fingerprint density at radius 3 is 2.62 bits per heavy atom. The molecular weight excluding hydrogens is 270 g/mol. The Bertz CT molecular complexity index is 795. The second-order valence-corrected chi connectivity index (χ2v) is 4.49. The number of hydrogen-bond donors (Lipinski definition) is 1. The molecule has 0 bridgehead atoms. The maximum Gasteiger partial charge on any atom is 0.218 e. The Balaban J connectivity index is 1.99. The lowest BCUT2D eigenvalue weighted by Gasteiger charge is -2.07. The highest BCUT2D eigenvalue weighted by molar-refractivity contribution is 5.68. The minimum atomic E-state index is 0.00347. The van der Waals surface area contributed by atoms with E-state index in [2.05, 4.69) is 20.4 Å². The molecule has 3 rings (SSSR count). The molecule has 1 aromatic carbocycles. The second kappa shape index (κ2) is 5.12. The van der Waals surface area contributed by atoms with Gasteiger partial charge in [-0.3, -0.25) is 0 Å². The highest BCUT2D eigenvalue weighted by Gasteiger charge is 2.09. The topological polar surface area (TPSA) is 93.3 Å². The van der Waals surface area contributed by atoms with Crippen LogP contribution in [-0.2, 0) is 0 Å². The monoisotopic (exact) mass is 281 g/mol. The van der Waals surface area contributed by atoms with Crippen LogP contribution in [0.15, 0.2) is 48.0 Å². The maximum absolute atomic E-state index is 10.3. The van der Waals surface area contributed by atoms with Crippen molar-refractivity contribution < 1.29 is 5.11 Å². The molecule has 0 saturated carbocycles. The number of rotatable bonds is 3. The fourth-order valence-corrected chi connectivity index (χ4v) is 1.98. The predicted molar refractivity (Wildman–Crippen MR) is 76.4 cm³/mol. The van der Waals surface area contributed by atoms with Gasteiger partial charge in [-0.05, 0) is 36.4 Å². The fraction of sp³-hybridized carbons (Fsp3) is 0.0714. The molecule has 0 aliphatic carbocycles. The van der Waals surface area contributed by atoms with Crippen molar-refractivity contribution in [2.75, 3.05) is 0 Å². The summed E-state index contributed by atoms with van der Waals surface area (Å²) in [4.78, 5) is 14.5. The van der Waals surface area contributed by atoms with E-state index in [1.165, 1.54) is 6.07 Å². The van der Waals surface area contributed by atoms with E-state index in [-0.39, 0.29) is 11.6 Å². The van der Waals surface area contributed by atoms with Crippen LogP contribution in [0.25, 0.3) is 16.9 Å². The van der Waals surface area contributed by atoms with Gasteiger partial charge in [0.15, 0.2) is 0 Å². The Labute approximate surface area is 119 Å². The molecular formula is C14H11N5O2. The normalized spacial score (nSPS) is 10.5. The van der Waals surface area contributed by atoms with Gasteiger partial charge in [-0.1, -0.05) is 0 Å². The van der Waals surface area contributed by atoms with Gasteiger partial charge >= 0.3 is 0 Å². The summed E-state index contributed by atoms with van der Waals surface area (Å²) in [7, 11) is 0. The van der Waals surface area contributed by atoms with Crippen molar-refractivity contribution in [3.63, 3.8) is 0 Å². The van der Waals surface area contributed by atoms with Gasteiger partial charge in [0.1, 0.15) is 5.75 Å². The molecule has 0 aliphatic heterocycles. The standard InChI is InChI=1S/C14H11N5O2/c1-9-7-19(8-15-9)10-2-3-11(13(20)6-10)12-4-5-14(18-21)17-16-12/h2-8,20H,1H3. The summed E-state index contributed by atoms with van der Waals surface area (Å²) in [6, 6.07) is 8.22. The number of nitrogens with zero attached hydrogens (tertiary/aromatic N) is 5. The van der Waals surface area contributed by atoms with E-state index >= 15 is 0 Å². The van der Waals surface area contributed by atoms with Crippen LogP contribution in [0.1, 0.15) is 5.69 Å². The van der Waals surface area contributed by atoms with Crippen molar-refractivity contribution in [2.45, 2.75) is 6.92 Å². The lowest BCUT2D eigenvalue weighted by Crippen LogP contribution is -1.92. The van der Waals surface area contributed by atoms with Crippen molar-refractivity contribution in [1.82, 2.24) is 19.7 Å². The molecule has 2 heterocycles. The number of imidazole rings is 1. The zero-order valence-corrected chi connectivity index (χ0v) is 11.1. The minimum absolute atomic E-state index is 0.00347. The van der Waals surface area contributed by atoms with Crippen LogP contribution in [0.4, 0.5) is 5.82 Å². The number of aromatic nitrogens is 4. The molecule has 0 spiro atoms. The summed E-state index contributed by atoms with van der Waals surface area (Å²) in [5.74, 6) is 0.0729. The third kappa shape index (κ3) is 2.48. The Morgan fingerprint density at radius 1 is 1.19 bits per heavy atom. The molecule has 21 heavy (non-hydrogen) atoms. The minimum Gasteiger partial charge on any atom is -0.507 e. The first kappa shape index (κ1) is 12.9. The summed E-state index contributed by atoms with van der Waals surface area (Å²) in [5, 5.41) is 20.3. The van der Waals surface area contributed by atoms with Crippen molar-refractivity contribution in [3.8, 4) is 22.7 Å². The van der Waals surface area contributed by atoms with Crippen LogP contribution in [0, 0.1) is 11.8 Å². The highest BCUT2D eigenvalue weighted by atomic mass is 16.3. The number of benzene rings is 1. The third-order valence-corrected chi connectivity index (χ3v) is 3.01.